The third kappa shape index (κ3) is 5.45. The fraction of sp³-hybridized carbons (Fsp3) is 0. The van der Waals surface area contributed by atoms with Crippen molar-refractivity contribution in [3.63, 3.8) is 0 Å². The van der Waals surface area contributed by atoms with Gasteiger partial charge in [0.2, 0.25) is 0 Å². The lowest BCUT2D eigenvalue weighted by atomic mass is 9.99. The molecular weight excluding hydrogens is 645 g/mol. The van der Waals surface area contributed by atoms with Crippen LogP contribution in [0.25, 0.3) is 94.7 Å². The zero-order valence-electron chi connectivity index (χ0n) is 28.8. The second-order valence-electron chi connectivity index (χ2n) is 13.2. The van der Waals surface area contributed by atoms with Crippen LogP contribution in [0, 0.1) is 0 Å². The molecule has 10 aromatic rings. The average Bonchev–Trinajstić information content (AvgIpc) is 3.60. The van der Waals surface area contributed by atoms with Gasteiger partial charge in [-0.2, -0.15) is 0 Å². The van der Waals surface area contributed by atoms with Gasteiger partial charge in [0.15, 0.2) is 17.5 Å². The molecule has 0 saturated carbocycles. The Morgan fingerprint density at radius 2 is 0.811 bits per heavy atom. The molecule has 0 radical (unpaired) electrons. The summed E-state index contributed by atoms with van der Waals surface area (Å²) in [5.41, 5.74) is 10.9. The van der Waals surface area contributed by atoms with Crippen molar-refractivity contribution >= 4 is 32.6 Å². The van der Waals surface area contributed by atoms with Gasteiger partial charge in [-0.3, -0.25) is 0 Å². The molecule has 248 valence electrons. The van der Waals surface area contributed by atoms with E-state index < -0.39 is 0 Å². The smallest absolute Gasteiger partial charge is 0.164 e. The predicted octanol–water partition coefficient (Wildman–Crippen LogP) is 12.5. The van der Waals surface area contributed by atoms with Gasteiger partial charge in [0.1, 0.15) is 0 Å². The Labute approximate surface area is 307 Å². The summed E-state index contributed by atoms with van der Waals surface area (Å²) in [5, 5.41) is 4.67. The van der Waals surface area contributed by atoms with E-state index in [0.29, 0.717) is 17.5 Å². The van der Waals surface area contributed by atoms with Crippen LogP contribution in [0.4, 0.5) is 0 Å². The van der Waals surface area contributed by atoms with E-state index in [4.69, 9.17) is 15.0 Å². The molecule has 8 aromatic carbocycles. The molecule has 0 amide bonds. The molecular formula is C49H32N4. The van der Waals surface area contributed by atoms with E-state index in [2.05, 4.69) is 174 Å². The van der Waals surface area contributed by atoms with Gasteiger partial charge in [0.05, 0.1) is 11.0 Å². The number of fused-ring (bicyclic) bond motifs is 5. The summed E-state index contributed by atoms with van der Waals surface area (Å²) >= 11 is 0. The van der Waals surface area contributed by atoms with Crippen LogP contribution in [0.2, 0.25) is 0 Å². The second kappa shape index (κ2) is 12.9. The second-order valence-corrected chi connectivity index (χ2v) is 13.2. The van der Waals surface area contributed by atoms with E-state index in [1.807, 2.05) is 24.3 Å². The van der Waals surface area contributed by atoms with Crippen molar-refractivity contribution < 1.29 is 0 Å². The highest BCUT2D eigenvalue weighted by Crippen LogP contribution is 2.41. The molecule has 2 aromatic heterocycles. The lowest BCUT2D eigenvalue weighted by Gasteiger charge is -2.11. The van der Waals surface area contributed by atoms with Crippen LogP contribution < -0.4 is 0 Å². The molecule has 0 bridgehead atoms. The minimum absolute atomic E-state index is 0.633. The van der Waals surface area contributed by atoms with Crippen LogP contribution in [0.1, 0.15) is 0 Å². The summed E-state index contributed by atoms with van der Waals surface area (Å²) in [6, 6.07) is 68.0. The van der Waals surface area contributed by atoms with E-state index in [1.165, 1.54) is 27.4 Å². The van der Waals surface area contributed by atoms with Gasteiger partial charge in [-0.25, -0.2) is 15.0 Å². The summed E-state index contributed by atoms with van der Waals surface area (Å²) in [5.74, 6) is 1.91. The molecule has 0 aliphatic heterocycles. The fourth-order valence-electron chi connectivity index (χ4n) is 7.50. The van der Waals surface area contributed by atoms with Crippen molar-refractivity contribution in [2.24, 2.45) is 0 Å². The molecule has 0 unspecified atom stereocenters. The maximum atomic E-state index is 5.22. The first-order valence-electron chi connectivity index (χ1n) is 17.9. The zero-order valence-corrected chi connectivity index (χ0v) is 28.8. The Balaban J connectivity index is 1.14. The van der Waals surface area contributed by atoms with E-state index in [0.717, 1.165) is 49.8 Å². The molecule has 53 heavy (non-hydrogen) atoms. The SMILES string of the molecule is c1ccc(-c2ccc(-c3ccc(-c4nc(-c5ccccc5)nc(-c5cccc6c5c5ccc7ccccc7c5n6-c5ccccc5)n4)cc3)cc2)cc1. The van der Waals surface area contributed by atoms with Gasteiger partial charge in [-0.05, 0) is 45.8 Å². The highest BCUT2D eigenvalue weighted by atomic mass is 15.0. The molecule has 0 saturated heterocycles. The first-order chi connectivity index (χ1) is 26.3. The Bertz CT molecular complexity index is 2900. The zero-order chi connectivity index (χ0) is 35.1. The number of benzene rings is 8. The number of para-hydroxylation sites is 1. The molecule has 0 aliphatic rings. The van der Waals surface area contributed by atoms with Gasteiger partial charge < -0.3 is 4.57 Å². The normalized spacial score (nSPS) is 11.4. The molecule has 0 atom stereocenters. The number of hydrogen-bond acceptors (Lipinski definition) is 3. The topological polar surface area (TPSA) is 43.6 Å². The number of nitrogens with zero attached hydrogens (tertiary/aromatic N) is 4. The van der Waals surface area contributed by atoms with Crippen molar-refractivity contribution in [3.8, 4) is 62.1 Å². The molecule has 0 fully saturated rings. The Kier molecular flexibility index (Phi) is 7.43. The third-order valence-electron chi connectivity index (χ3n) is 10.1. The van der Waals surface area contributed by atoms with Crippen LogP contribution in [0.5, 0.6) is 0 Å². The Morgan fingerprint density at radius 3 is 1.45 bits per heavy atom. The van der Waals surface area contributed by atoms with Gasteiger partial charge >= 0.3 is 0 Å². The van der Waals surface area contributed by atoms with Gasteiger partial charge in [-0.1, -0.05) is 176 Å². The fourth-order valence-corrected chi connectivity index (χ4v) is 7.50. The third-order valence-corrected chi connectivity index (χ3v) is 10.1. The molecule has 2 heterocycles. The minimum atomic E-state index is 0.633. The molecule has 4 nitrogen and oxygen atoms in total. The van der Waals surface area contributed by atoms with Crippen LogP contribution in [-0.2, 0) is 0 Å². The van der Waals surface area contributed by atoms with E-state index >= 15 is 0 Å². The lowest BCUT2D eigenvalue weighted by Crippen LogP contribution is -2.00. The molecule has 0 aliphatic carbocycles. The van der Waals surface area contributed by atoms with Crippen molar-refractivity contribution in [2.45, 2.75) is 0 Å². The van der Waals surface area contributed by atoms with Crippen molar-refractivity contribution in [2.75, 3.05) is 0 Å². The lowest BCUT2D eigenvalue weighted by molar-refractivity contribution is 1.08. The number of rotatable bonds is 6. The monoisotopic (exact) mass is 676 g/mol. The van der Waals surface area contributed by atoms with Crippen LogP contribution in [-0.4, -0.2) is 19.5 Å². The maximum absolute atomic E-state index is 5.22. The van der Waals surface area contributed by atoms with Crippen LogP contribution in [0.3, 0.4) is 0 Å². The molecule has 10 rings (SSSR count). The molecule has 0 spiro atoms. The van der Waals surface area contributed by atoms with E-state index in [-0.39, 0.29) is 0 Å². The summed E-state index contributed by atoms with van der Waals surface area (Å²) < 4.78 is 2.38. The summed E-state index contributed by atoms with van der Waals surface area (Å²) in [6.07, 6.45) is 0. The first kappa shape index (κ1) is 30.6. The summed E-state index contributed by atoms with van der Waals surface area (Å²) in [6.45, 7) is 0. The number of aromatic nitrogens is 4. The van der Waals surface area contributed by atoms with Crippen LogP contribution in [0.15, 0.2) is 194 Å². The quantitative estimate of drug-likeness (QED) is 0.176. The van der Waals surface area contributed by atoms with Crippen LogP contribution >= 0.6 is 0 Å². The predicted molar refractivity (Wildman–Crippen MR) is 219 cm³/mol. The average molecular weight is 677 g/mol. The highest BCUT2D eigenvalue weighted by molar-refractivity contribution is 6.22. The van der Waals surface area contributed by atoms with E-state index in [1.54, 1.807) is 0 Å². The Hall–Kier alpha value is -7.17. The summed E-state index contributed by atoms with van der Waals surface area (Å²) in [7, 11) is 0. The Morgan fingerprint density at radius 1 is 0.321 bits per heavy atom. The van der Waals surface area contributed by atoms with Gasteiger partial charge in [0.25, 0.3) is 0 Å². The number of hydrogen-bond donors (Lipinski definition) is 0. The van der Waals surface area contributed by atoms with Gasteiger partial charge in [0, 0.05) is 38.5 Å². The first-order valence-corrected chi connectivity index (χ1v) is 17.9. The largest absolute Gasteiger partial charge is 0.309 e. The van der Waals surface area contributed by atoms with E-state index in [9.17, 15) is 0 Å². The molecule has 4 heteroatoms. The van der Waals surface area contributed by atoms with Gasteiger partial charge in [-0.15, -0.1) is 0 Å². The maximum Gasteiger partial charge on any atom is 0.164 e. The summed E-state index contributed by atoms with van der Waals surface area (Å²) in [4.78, 5) is 15.4. The highest BCUT2D eigenvalue weighted by Gasteiger charge is 2.21. The van der Waals surface area contributed by atoms with Crippen molar-refractivity contribution in [3.05, 3.63) is 194 Å². The van der Waals surface area contributed by atoms with Crippen molar-refractivity contribution in [1.82, 2.24) is 19.5 Å². The van der Waals surface area contributed by atoms with Crippen molar-refractivity contribution in [1.29, 1.82) is 0 Å². The minimum Gasteiger partial charge on any atom is -0.309 e. The molecule has 0 N–H and O–H groups in total. The standard InChI is InChI=1S/C49H32N4/c1-4-13-33(14-5-1)34-23-25-35(26-24-34)36-27-29-39(30-28-36)48-50-47(38-16-6-2-7-17-38)51-49(52-48)43-21-12-22-44-45(43)42-32-31-37-15-10-11-20-41(37)46(42)53(44)40-18-8-3-9-19-40/h1-32H.